The maximum atomic E-state index is 13.4. The molecule has 0 saturated carbocycles. The monoisotopic (exact) mass is 505 g/mol. The molecule has 9 nitrogen and oxygen atoms in total. The second-order valence-corrected chi connectivity index (χ2v) is 7.91. The van der Waals surface area contributed by atoms with Gasteiger partial charge in [-0.1, -0.05) is 6.07 Å². The predicted molar refractivity (Wildman–Crippen MR) is 123 cm³/mol. The van der Waals surface area contributed by atoms with Gasteiger partial charge in [0.05, 0.1) is 35.8 Å². The second kappa shape index (κ2) is 10.8. The molecule has 13 heteroatoms. The number of nitrogens with zero attached hydrogens (tertiary/aromatic N) is 2. The molecular weight excluding hydrogens is 487 g/mol. The Morgan fingerprint density at radius 1 is 1.26 bits per heavy atom. The third-order valence-corrected chi connectivity index (χ3v) is 5.38. The van der Waals surface area contributed by atoms with E-state index in [-0.39, 0.29) is 36.1 Å². The smallest absolute Gasteiger partial charge is 0.420 e. The van der Waals surface area contributed by atoms with Crippen LogP contribution in [-0.4, -0.2) is 37.3 Å². The van der Waals surface area contributed by atoms with Gasteiger partial charge in [0, 0.05) is 6.54 Å². The number of carbonyl (C=O) groups is 2. The molecule has 3 amide bonds. The highest BCUT2D eigenvalue weighted by Gasteiger charge is 2.35. The van der Waals surface area contributed by atoms with Crippen LogP contribution in [0.3, 0.4) is 0 Å². The number of amidine groups is 1. The summed E-state index contributed by atoms with van der Waals surface area (Å²) in [5.41, 5.74) is 4.25. The summed E-state index contributed by atoms with van der Waals surface area (Å²) >= 11 is 1.08. The van der Waals surface area contributed by atoms with E-state index in [0.717, 1.165) is 17.8 Å². The van der Waals surface area contributed by atoms with Crippen LogP contribution in [0.15, 0.2) is 46.3 Å². The number of alkyl halides is 3. The Labute approximate surface area is 201 Å². The summed E-state index contributed by atoms with van der Waals surface area (Å²) in [6, 6.07) is 8.43. The van der Waals surface area contributed by atoms with E-state index in [4.69, 9.17) is 20.5 Å². The van der Waals surface area contributed by atoms with Crippen molar-refractivity contribution in [3.8, 4) is 23.3 Å². The van der Waals surface area contributed by atoms with Gasteiger partial charge in [-0.2, -0.15) is 18.4 Å². The number of hydrogen-bond donors (Lipinski definition) is 3. The Hall–Kier alpha value is -4.18. The standard InChI is InChI=1S/C22H18F3N5O4S/c1-33-17-9-12(10-18-19(31)30-21(35-18)29-7-6-28-20(27)32)2-5-16(17)34-15-4-3-13(11-26)8-14(15)22(23,24)25/h2-5,8-10H,6-7H2,1H3,(H3,27,28,32)(H,29,30,31). The molecule has 1 fully saturated rings. The van der Waals surface area contributed by atoms with Gasteiger partial charge in [0.2, 0.25) is 0 Å². The lowest BCUT2D eigenvalue weighted by molar-refractivity contribution is -0.138. The van der Waals surface area contributed by atoms with E-state index in [0.29, 0.717) is 21.7 Å². The lowest BCUT2D eigenvalue weighted by atomic mass is 10.1. The van der Waals surface area contributed by atoms with Gasteiger partial charge in [-0.15, -0.1) is 0 Å². The number of rotatable bonds is 7. The van der Waals surface area contributed by atoms with Crippen molar-refractivity contribution in [1.82, 2.24) is 10.6 Å². The zero-order valence-electron chi connectivity index (χ0n) is 18.1. The minimum atomic E-state index is -4.73. The first kappa shape index (κ1) is 25.4. The number of nitrogens with one attached hydrogen (secondary N) is 2. The van der Waals surface area contributed by atoms with Gasteiger partial charge in [0.25, 0.3) is 5.91 Å². The number of nitriles is 1. The average Bonchev–Trinajstić information content (AvgIpc) is 3.15. The van der Waals surface area contributed by atoms with Gasteiger partial charge in [-0.3, -0.25) is 9.79 Å². The number of amides is 3. The van der Waals surface area contributed by atoms with Crippen LogP contribution in [0.1, 0.15) is 16.7 Å². The van der Waals surface area contributed by atoms with Crippen LogP contribution in [0.2, 0.25) is 0 Å². The largest absolute Gasteiger partial charge is 0.493 e. The molecule has 0 unspecified atom stereocenters. The number of ether oxygens (including phenoxy) is 2. The summed E-state index contributed by atoms with van der Waals surface area (Å²) < 4.78 is 51.1. The van der Waals surface area contributed by atoms with Crippen LogP contribution in [0.4, 0.5) is 18.0 Å². The van der Waals surface area contributed by atoms with Crippen LogP contribution >= 0.6 is 11.8 Å². The van der Waals surface area contributed by atoms with Crippen molar-refractivity contribution in [2.75, 3.05) is 20.2 Å². The summed E-state index contributed by atoms with van der Waals surface area (Å²) in [4.78, 5) is 27.4. The summed E-state index contributed by atoms with van der Waals surface area (Å²) in [6.07, 6.45) is -3.18. The third-order valence-electron chi connectivity index (χ3n) is 4.44. The lowest BCUT2D eigenvalue weighted by Crippen LogP contribution is -2.31. The molecule has 0 aliphatic carbocycles. The van der Waals surface area contributed by atoms with Crippen LogP contribution in [0.5, 0.6) is 17.2 Å². The third kappa shape index (κ3) is 6.67. The molecule has 4 N–H and O–H groups in total. The molecule has 1 saturated heterocycles. The van der Waals surface area contributed by atoms with Gasteiger partial charge >= 0.3 is 12.2 Å². The van der Waals surface area contributed by atoms with Crippen molar-refractivity contribution in [2.45, 2.75) is 6.18 Å². The number of thioether (sulfide) groups is 1. The highest BCUT2D eigenvalue weighted by atomic mass is 32.2. The molecule has 0 aromatic heterocycles. The van der Waals surface area contributed by atoms with Gasteiger partial charge in [-0.05, 0) is 53.7 Å². The summed E-state index contributed by atoms with van der Waals surface area (Å²) in [5.74, 6) is -0.731. The summed E-state index contributed by atoms with van der Waals surface area (Å²) in [6.45, 7) is 0.427. The average molecular weight is 505 g/mol. The molecule has 1 aliphatic heterocycles. The molecule has 1 heterocycles. The molecule has 0 bridgehead atoms. The Balaban J connectivity index is 1.80. The summed E-state index contributed by atoms with van der Waals surface area (Å²) in [5, 5.41) is 14.2. The van der Waals surface area contributed by atoms with E-state index in [1.165, 1.54) is 25.3 Å². The number of urea groups is 1. The maximum absolute atomic E-state index is 13.4. The van der Waals surface area contributed by atoms with Crippen molar-refractivity contribution < 1.29 is 32.2 Å². The number of hydrogen-bond acceptors (Lipinski definition) is 7. The van der Waals surface area contributed by atoms with Crippen molar-refractivity contribution in [2.24, 2.45) is 10.7 Å². The van der Waals surface area contributed by atoms with Crippen molar-refractivity contribution in [3.05, 3.63) is 58.0 Å². The van der Waals surface area contributed by atoms with Crippen LogP contribution in [-0.2, 0) is 11.0 Å². The fourth-order valence-corrected chi connectivity index (χ4v) is 3.72. The van der Waals surface area contributed by atoms with Crippen molar-refractivity contribution in [3.63, 3.8) is 0 Å². The first-order chi connectivity index (χ1) is 16.6. The highest BCUT2D eigenvalue weighted by Crippen LogP contribution is 2.41. The Morgan fingerprint density at radius 2 is 2.00 bits per heavy atom. The van der Waals surface area contributed by atoms with Crippen LogP contribution < -0.4 is 25.8 Å². The van der Waals surface area contributed by atoms with Gasteiger partial charge in [-0.25, -0.2) is 4.79 Å². The van der Waals surface area contributed by atoms with Gasteiger partial charge < -0.3 is 25.8 Å². The lowest BCUT2D eigenvalue weighted by Gasteiger charge is -2.16. The quantitative estimate of drug-likeness (QED) is 0.388. The van der Waals surface area contributed by atoms with E-state index in [9.17, 15) is 22.8 Å². The molecule has 0 radical (unpaired) electrons. The normalized spacial score (nSPS) is 15.6. The Morgan fingerprint density at radius 3 is 2.66 bits per heavy atom. The minimum absolute atomic E-state index is 0.0117. The van der Waals surface area contributed by atoms with Gasteiger partial charge in [0.15, 0.2) is 16.7 Å². The second-order valence-electron chi connectivity index (χ2n) is 6.88. The molecule has 35 heavy (non-hydrogen) atoms. The number of nitrogens with two attached hydrogens (primary N) is 1. The van der Waals surface area contributed by atoms with E-state index < -0.39 is 23.5 Å². The number of aliphatic imine (C=N–C) groups is 1. The molecule has 0 atom stereocenters. The number of carbonyl (C=O) groups excluding carboxylic acids is 2. The zero-order valence-corrected chi connectivity index (χ0v) is 18.9. The topological polar surface area (TPSA) is 139 Å². The number of primary amides is 1. The fraction of sp³-hybridized carbons (Fsp3) is 0.182. The summed E-state index contributed by atoms with van der Waals surface area (Å²) in [7, 11) is 1.32. The molecule has 1 aliphatic rings. The predicted octanol–water partition coefficient (Wildman–Crippen LogP) is 3.61. The minimum Gasteiger partial charge on any atom is -0.493 e. The Kier molecular flexibility index (Phi) is 7.87. The number of halogens is 3. The first-order valence-corrected chi connectivity index (χ1v) is 10.7. The van der Waals surface area contributed by atoms with E-state index >= 15 is 0 Å². The van der Waals surface area contributed by atoms with E-state index in [1.807, 2.05) is 0 Å². The molecular formula is C22H18F3N5O4S. The SMILES string of the molecule is COc1cc(C=C2SC(=NCCNC(N)=O)NC2=O)ccc1Oc1ccc(C#N)cc1C(F)(F)F. The Bertz CT molecular complexity index is 1250. The molecule has 2 aromatic rings. The molecule has 0 spiro atoms. The first-order valence-electron chi connectivity index (χ1n) is 9.86. The van der Waals surface area contributed by atoms with Gasteiger partial charge in [0.1, 0.15) is 5.75 Å². The van der Waals surface area contributed by atoms with E-state index in [2.05, 4.69) is 15.6 Å². The number of methoxy groups -OCH3 is 1. The molecule has 2 aromatic carbocycles. The van der Waals surface area contributed by atoms with Crippen LogP contribution in [0, 0.1) is 11.3 Å². The maximum Gasteiger partial charge on any atom is 0.420 e. The van der Waals surface area contributed by atoms with Crippen LogP contribution in [0.25, 0.3) is 6.08 Å². The highest BCUT2D eigenvalue weighted by molar-refractivity contribution is 8.18. The fourth-order valence-electron chi connectivity index (χ4n) is 2.88. The van der Waals surface area contributed by atoms with Crippen molar-refractivity contribution >= 4 is 34.9 Å². The van der Waals surface area contributed by atoms with Crippen molar-refractivity contribution in [1.29, 1.82) is 5.26 Å². The molecule has 3 rings (SSSR count). The molecule has 182 valence electrons. The number of benzene rings is 2. The zero-order chi connectivity index (χ0) is 25.6. The van der Waals surface area contributed by atoms with E-state index in [1.54, 1.807) is 18.2 Å².